The van der Waals surface area contributed by atoms with Crippen LogP contribution in [0.2, 0.25) is 0 Å². The van der Waals surface area contributed by atoms with E-state index in [2.05, 4.69) is 4.90 Å². The summed E-state index contributed by atoms with van der Waals surface area (Å²) in [7, 11) is 0.157. The maximum atomic E-state index is 12.5. The minimum atomic E-state index is -3.50. The summed E-state index contributed by atoms with van der Waals surface area (Å²) < 4.78 is 26.4. The average Bonchev–Trinajstić information content (AvgIpc) is 2.75. The van der Waals surface area contributed by atoms with Gasteiger partial charge in [-0.05, 0) is 38.6 Å². The van der Waals surface area contributed by atoms with Gasteiger partial charge in [0.1, 0.15) is 4.90 Å². The molecule has 1 fully saturated rings. The van der Waals surface area contributed by atoms with Crippen LogP contribution >= 0.6 is 0 Å². The maximum Gasteiger partial charge on any atom is 0.244 e. The Balaban J connectivity index is 2.18. The molecule has 1 atom stereocenters. The molecule has 1 aromatic rings. The number of hydrogen-bond donors (Lipinski definition) is 1. The van der Waals surface area contributed by atoms with Gasteiger partial charge in [-0.15, -0.1) is 0 Å². The van der Waals surface area contributed by atoms with Crippen LogP contribution in [-0.4, -0.2) is 50.8 Å². The molecule has 1 aromatic carbocycles. The number of likely N-dealkylation sites (tertiary alicyclic amines) is 1. The van der Waals surface area contributed by atoms with Gasteiger partial charge in [-0.3, -0.25) is 0 Å². The number of para-hydroxylation sites is 1. The van der Waals surface area contributed by atoms with Crippen molar-refractivity contribution in [3.8, 4) is 0 Å². The molecule has 2 rings (SSSR count). The second kappa shape index (κ2) is 5.48. The van der Waals surface area contributed by atoms with E-state index < -0.39 is 10.0 Å². The minimum Gasteiger partial charge on any atom is -0.398 e. The van der Waals surface area contributed by atoms with Crippen LogP contribution in [0.3, 0.4) is 0 Å². The lowest BCUT2D eigenvalue weighted by Crippen LogP contribution is -2.39. The van der Waals surface area contributed by atoms with E-state index in [9.17, 15) is 8.42 Å². The molecule has 0 bridgehead atoms. The number of nitrogens with zero attached hydrogens (tertiary/aromatic N) is 2. The van der Waals surface area contributed by atoms with Gasteiger partial charge in [0.25, 0.3) is 0 Å². The van der Waals surface area contributed by atoms with Crippen molar-refractivity contribution in [3.05, 3.63) is 24.3 Å². The van der Waals surface area contributed by atoms with Crippen molar-refractivity contribution in [2.24, 2.45) is 0 Å². The number of nitrogen functional groups attached to an aromatic ring is 1. The Hall–Kier alpha value is -1.11. The van der Waals surface area contributed by atoms with E-state index in [-0.39, 0.29) is 4.90 Å². The average molecular weight is 283 g/mol. The minimum absolute atomic E-state index is 0.193. The highest BCUT2D eigenvalue weighted by molar-refractivity contribution is 7.89. The van der Waals surface area contributed by atoms with E-state index in [1.807, 2.05) is 7.05 Å². The Morgan fingerprint density at radius 2 is 2.11 bits per heavy atom. The van der Waals surface area contributed by atoms with Crippen LogP contribution in [-0.2, 0) is 10.0 Å². The second-order valence-electron chi connectivity index (χ2n) is 5.10. The zero-order chi connectivity index (χ0) is 14.0. The van der Waals surface area contributed by atoms with Gasteiger partial charge in [0, 0.05) is 19.6 Å². The lowest BCUT2D eigenvalue weighted by Gasteiger charge is -2.25. The van der Waals surface area contributed by atoms with E-state index in [0.29, 0.717) is 18.3 Å². The molecular formula is C13H21N3O2S. The SMILES string of the molecule is CN1CCCC1CN(C)S(=O)(=O)c1ccccc1N. The van der Waals surface area contributed by atoms with E-state index in [1.54, 1.807) is 31.3 Å². The van der Waals surface area contributed by atoms with E-state index in [4.69, 9.17) is 5.73 Å². The summed E-state index contributed by atoms with van der Waals surface area (Å²) >= 11 is 0. The fourth-order valence-electron chi connectivity index (χ4n) is 2.49. The largest absolute Gasteiger partial charge is 0.398 e. The summed E-state index contributed by atoms with van der Waals surface area (Å²) in [6.07, 6.45) is 2.17. The number of anilines is 1. The summed E-state index contributed by atoms with van der Waals surface area (Å²) in [4.78, 5) is 2.40. The Labute approximate surface area is 115 Å². The maximum absolute atomic E-state index is 12.5. The third kappa shape index (κ3) is 2.91. The summed E-state index contributed by atoms with van der Waals surface area (Å²) in [6, 6.07) is 6.89. The number of rotatable bonds is 4. The highest BCUT2D eigenvalue weighted by atomic mass is 32.2. The summed E-state index contributed by atoms with van der Waals surface area (Å²) in [6.45, 7) is 1.54. The van der Waals surface area contributed by atoms with E-state index >= 15 is 0 Å². The quantitative estimate of drug-likeness (QED) is 0.837. The monoisotopic (exact) mass is 283 g/mol. The summed E-state index contributed by atoms with van der Waals surface area (Å²) in [5.41, 5.74) is 6.06. The van der Waals surface area contributed by atoms with Crippen LogP contribution in [0.25, 0.3) is 0 Å². The molecule has 0 radical (unpaired) electrons. The zero-order valence-corrected chi connectivity index (χ0v) is 12.2. The van der Waals surface area contributed by atoms with Crippen molar-refractivity contribution < 1.29 is 8.42 Å². The van der Waals surface area contributed by atoms with Crippen molar-refractivity contribution in [1.82, 2.24) is 9.21 Å². The van der Waals surface area contributed by atoms with Gasteiger partial charge in [-0.25, -0.2) is 8.42 Å². The van der Waals surface area contributed by atoms with Crippen molar-refractivity contribution >= 4 is 15.7 Å². The van der Waals surface area contributed by atoms with Gasteiger partial charge >= 0.3 is 0 Å². The Kier molecular flexibility index (Phi) is 4.13. The van der Waals surface area contributed by atoms with Crippen molar-refractivity contribution in [1.29, 1.82) is 0 Å². The molecule has 0 saturated carbocycles. The second-order valence-corrected chi connectivity index (χ2v) is 7.11. The molecule has 0 aromatic heterocycles. The van der Waals surface area contributed by atoms with Gasteiger partial charge in [0.15, 0.2) is 0 Å². The van der Waals surface area contributed by atoms with Gasteiger partial charge in [-0.2, -0.15) is 4.31 Å². The van der Waals surface area contributed by atoms with Crippen LogP contribution in [0.5, 0.6) is 0 Å². The van der Waals surface area contributed by atoms with Crippen LogP contribution in [0, 0.1) is 0 Å². The van der Waals surface area contributed by atoms with Crippen LogP contribution < -0.4 is 5.73 Å². The number of hydrogen-bond acceptors (Lipinski definition) is 4. The molecule has 2 N–H and O–H groups in total. The van der Waals surface area contributed by atoms with Crippen LogP contribution in [0.15, 0.2) is 29.2 Å². The first kappa shape index (κ1) is 14.3. The molecule has 5 nitrogen and oxygen atoms in total. The fourth-order valence-corrected chi connectivity index (χ4v) is 3.81. The van der Waals surface area contributed by atoms with Crippen LogP contribution in [0.4, 0.5) is 5.69 Å². The molecule has 6 heteroatoms. The van der Waals surface area contributed by atoms with Crippen molar-refractivity contribution in [2.75, 3.05) is 32.9 Å². The smallest absolute Gasteiger partial charge is 0.244 e. The number of sulfonamides is 1. The molecule has 1 aliphatic heterocycles. The van der Waals surface area contributed by atoms with E-state index in [1.165, 1.54) is 4.31 Å². The number of likely N-dealkylation sites (N-methyl/N-ethyl adjacent to an activating group) is 2. The lowest BCUT2D eigenvalue weighted by molar-refractivity contribution is 0.271. The summed E-state index contributed by atoms with van der Waals surface area (Å²) in [5.74, 6) is 0. The molecule has 1 unspecified atom stereocenters. The molecule has 1 saturated heterocycles. The Morgan fingerprint density at radius 3 is 2.68 bits per heavy atom. The molecular weight excluding hydrogens is 262 g/mol. The van der Waals surface area contributed by atoms with Gasteiger partial charge in [0.2, 0.25) is 10.0 Å². The Bertz CT molecular complexity index is 545. The zero-order valence-electron chi connectivity index (χ0n) is 11.4. The number of benzene rings is 1. The third-order valence-corrected chi connectivity index (χ3v) is 5.64. The van der Waals surface area contributed by atoms with Crippen molar-refractivity contribution in [3.63, 3.8) is 0 Å². The van der Waals surface area contributed by atoms with Crippen molar-refractivity contribution in [2.45, 2.75) is 23.8 Å². The first-order valence-corrected chi connectivity index (χ1v) is 7.88. The first-order valence-electron chi connectivity index (χ1n) is 6.44. The highest BCUT2D eigenvalue weighted by Crippen LogP contribution is 2.23. The van der Waals surface area contributed by atoms with Gasteiger partial charge in [-0.1, -0.05) is 12.1 Å². The first-order chi connectivity index (χ1) is 8.93. The molecule has 0 amide bonds. The predicted octanol–water partition coefficient (Wildman–Crippen LogP) is 0.983. The molecule has 1 aliphatic rings. The molecule has 19 heavy (non-hydrogen) atoms. The third-order valence-electron chi connectivity index (χ3n) is 3.75. The molecule has 0 spiro atoms. The predicted molar refractivity (Wildman–Crippen MR) is 76.3 cm³/mol. The normalized spacial score (nSPS) is 21.1. The lowest BCUT2D eigenvalue weighted by atomic mass is 10.2. The van der Waals surface area contributed by atoms with Gasteiger partial charge < -0.3 is 10.6 Å². The number of nitrogens with two attached hydrogens (primary N) is 1. The molecule has 0 aliphatic carbocycles. The topological polar surface area (TPSA) is 66.6 Å². The highest BCUT2D eigenvalue weighted by Gasteiger charge is 2.28. The molecule has 1 heterocycles. The summed E-state index contributed by atoms with van der Waals surface area (Å²) in [5, 5.41) is 0. The van der Waals surface area contributed by atoms with Crippen LogP contribution in [0.1, 0.15) is 12.8 Å². The Morgan fingerprint density at radius 1 is 1.42 bits per heavy atom. The fraction of sp³-hybridized carbons (Fsp3) is 0.538. The van der Waals surface area contributed by atoms with E-state index in [0.717, 1.165) is 19.4 Å². The standard InChI is InChI=1S/C13H21N3O2S/c1-15-9-5-6-11(15)10-16(2)19(17,18)13-8-4-3-7-12(13)14/h3-4,7-8,11H,5-6,9-10,14H2,1-2H3. The van der Waals surface area contributed by atoms with Gasteiger partial charge in [0.05, 0.1) is 5.69 Å². The molecule has 106 valence electrons.